The summed E-state index contributed by atoms with van der Waals surface area (Å²) in [5.41, 5.74) is 12.5. The predicted octanol–water partition coefficient (Wildman–Crippen LogP) is 9.08. The van der Waals surface area contributed by atoms with Gasteiger partial charge in [-0.15, -0.1) is 0 Å². The van der Waals surface area contributed by atoms with E-state index in [0.717, 1.165) is 112 Å². The molecule has 0 bridgehead atoms. The van der Waals surface area contributed by atoms with Crippen molar-refractivity contribution in [3.63, 3.8) is 0 Å². The van der Waals surface area contributed by atoms with E-state index in [1.165, 1.54) is 6.92 Å². The minimum atomic E-state index is -0.595. The van der Waals surface area contributed by atoms with E-state index in [9.17, 15) is 19.2 Å². The van der Waals surface area contributed by atoms with Crippen LogP contribution < -0.4 is 31.5 Å². The van der Waals surface area contributed by atoms with Gasteiger partial charge in [-0.2, -0.15) is 0 Å². The third-order valence-electron chi connectivity index (χ3n) is 16.3. The molecule has 9 aromatic heterocycles. The first-order valence-corrected chi connectivity index (χ1v) is 33.3. The number of hydrogen-bond donors (Lipinski definition) is 8. The number of anilines is 4. The summed E-state index contributed by atoms with van der Waals surface area (Å²) in [6.45, 7) is 18.7. The molecule has 2 fully saturated rings. The van der Waals surface area contributed by atoms with Crippen LogP contribution in [0, 0.1) is 0 Å². The van der Waals surface area contributed by atoms with Crippen LogP contribution in [-0.2, 0) is 32.0 Å². The summed E-state index contributed by atoms with van der Waals surface area (Å²) in [6.07, 6.45) is 18.9. The van der Waals surface area contributed by atoms with Crippen molar-refractivity contribution in [2.24, 2.45) is 0 Å². The number of fused-ring (bicyclic) bond motifs is 3. The summed E-state index contributed by atoms with van der Waals surface area (Å²) in [4.78, 5) is 121. The van der Waals surface area contributed by atoms with Crippen molar-refractivity contribution in [2.75, 3.05) is 93.5 Å². The Morgan fingerprint density at radius 2 is 1.18 bits per heavy atom. The fourth-order valence-corrected chi connectivity index (χ4v) is 11.7. The maximum Gasteiger partial charge on any atom is 0.413 e. The Balaban J connectivity index is 0.000000145. The van der Waals surface area contributed by atoms with Crippen molar-refractivity contribution in [3.05, 3.63) is 147 Å². The molecule has 0 saturated carbocycles. The molecular formula is C70H77N25O7. The number of benzene rings is 3. The standard InChI is InChI=1S/C25H28N8O3.C24H27N9O.C21H22N8O3/c1-4-35-25(34)32-24-30-20-9-17(8-19(22(20)31-24)23-26-6-5-7-27-23)18-10-28-21(29-11-18)14-33-12-15(2)36-16(3)13-33;1-3-26-24(34)31-23-29-20-12-17(16-5-4-6-25-14-16)11-18(22(20)30-23)19-13-21(28-15-27-19)33-9-7-32(2)8-10-33;1-3-32-21(31)28-20-26-17-10-15(29-11-14(25-12-29)5-8-22-13(2)30)9-16(18(17)27-20)19-23-6-4-7-24-19/h5-11,15-16H,4,12-14H2,1-3H3,(H2,30,31,32,34);4-6,11-15H,3,7-10H2,1-2H3,(H3,26,29,30,31,34);4,6-7,9-12H,3,5,8H2,1-2H3,(H,22,30)(H2,26,27,28,31)/t15-,16+;;. The van der Waals surface area contributed by atoms with Crippen LogP contribution in [0.15, 0.2) is 135 Å². The topological polar surface area (TPSA) is 386 Å². The maximum absolute atomic E-state index is 12.1. The van der Waals surface area contributed by atoms with E-state index < -0.39 is 12.2 Å². The van der Waals surface area contributed by atoms with Gasteiger partial charge < -0.3 is 54.2 Å². The molecule has 32 heteroatoms. The highest BCUT2D eigenvalue weighted by Crippen LogP contribution is 2.36. The monoisotopic (exact) mass is 1380 g/mol. The molecule has 5 amide bonds. The number of rotatable bonds is 18. The Hall–Kier alpha value is -12.3. The lowest BCUT2D eigenvalue weighted by molar-refractivity contribution is -0.118. The van der Waals surface area contributed by atoms with Gasteiger partial charge in [0.2, 0.25) is 23.8 Å². The predicted molar refractivity (Wildman–Crippen MR) is 384 cm³/mol. The Bertz CT molecular complexity index is 4840. The van der Waals surface area contributed by atoms with Gasteiger partial charge in [-0.05, 0) is 107 Å². The van der Waals surface area contributed by atoms with Crippen molar-refractivity contribution < 1.29 is 33.4 Å². The summed E-state index contributed by atoms with van der Waals surface area (Å²) >= 11 is 0. The van der Waals surface area contributed by atoms with Crippen LogP contribution in [0.25, 0.3) is 95.1 Å². The summed E-state index contributed by atoms with van der Waals surface area (Å²) < 4.78 is 17.6. The second kappa shape index (κ2) is 32.6. The molecule has 14 rings (SSSR count). The highest BCUT2D eigenvalue weighted by atomic mass is 16.6. The van der Waals surface area contributed by atoms with Crippen molar-refractivity contribution in [3.8, 4) is 62.0 Å². The summed E-state index contributed by atoms with van der Waals surface area (Å²) in [5.74, 6) is 3.51. The lowest BCUT2D eigenvalue weighted by Gasteiger charge is -2.34. The second-order valence-electron chi connectivity index (χ2n) is 23.9. The molecule has 2 saturated heterocycles. The van der Waals surface area contributed by atoms with Crippen molar-refractivity contribution >= 4 is 80.9 Å². The summed E-state index contributed by atoms with van der Waals surface area (Å²) in [7, 11) is 2.13. The highest BCUT2D eigenvalue weighted by Gasteiger charge is 2.25. The van der Waals surface area contributed by atoms with Crippen molar-refractivity contribution in [1.82, 2.24) is 105 Å². The van der Waals surface area contributed by atoms with E-state index in [4.69, 9.17) is 14.2 Å². The third-order valence-corrected chi connectivity index (χ3v) is 16.3. The van der Waals surface area contributed by atoms with Gasteiger partial charge in [0.05, 0.1) is 71.7 Å². The van der Waals surface area contributed by atoms with Crippen LogP contribution in [0.1, 0.15) is 53.1 Å². The molecule has 32 nitrogen and oxygen atoms in total. The Morgan fingerprint density at radius 3 is 1.76 bits per heavy atom. The third kappa shape index (κ3) is 17.6. The van der Waals surface area contributed by atoms with E-state index in [2.05, 4.69) is 148 Å². The number of urea groups is 1. The molecule has 0 spiro atoms. The molecule has 2 aliphatic heterocycles. The smallest absolute Gasteiger partial charge is 0.413 e. The number of likely N-dealkylation sites (N-methyl/N-ethyl adjacent to an activating group) is 1. The van der Waals surface area contributed by atoms with Crippen molar-refractivity contribution in [1.29, 1.82) is 0 Å². The lowest BCUT2D eigenvalue weighted by Crippen LogP contribution is -2.45. The molecule has 3 aromatic carbocycles. The van der Waals surface area contributed by atoms with Crippen LogP contribution in [0.2, 0.25) is 0 Å². The van der Waals surface area contributed by atoms with Crippen LogP contribution >= 0.6 is 0 Å². The Kier molecular flexibility index (Phi) is 22.2. The zero-order valence-corrected chi connectivity index (χ0v) is 57.3. The number of hydrogen-bond acceptors (Lipinski definition) is 23. The van der Waals surface area contributed by atoms with Gasteiger partial charge in [0, 0.05) is 161 Å². The van der Waals surface area contributed by atoms with E-state index in [0.29, 0.717) is 71.3 Å². The lowest BCUT2D eigenvalue weighted by atomic mass is 10.0. The number of pyridine rings is 1. The van der Waals surface area contributed by atoms with Crippen LogP contribution in [0.4, 0.5) is 38.0 Å². The molecule has 8 N–H and O–H groups in total. The molecule has 2 atom stereocenters. The summed E-state index contributed by atoms with van der Waals surface area (Å²) in [5, 5.41) is 13.4. The summed E-state index contributed by atoms with van der Waals surface area (Å²) in [6, 6.07) is 20.9. The zero-order valence-electron chi connectivity index (χ0n) is 57.3. The maximum atomic E-state index is 12.1. The SMILES string of the molecule is CCNC(=O)Nc1nc2c(-c3cc(N4CCN(C)CC4)ncn3)cc(-c3cccnc3)cc2[nH]1.CCOC(=O)Nc1nc2c(-c3ncccn3)cc(-c3cnc(CN4C[C@@H](C)O[C@@H](C)C4)nc3)cc2[nH]1.CCOC(=O)Nc1nc2c(-c3ncccn3)cc(-n3cnc(CCNC(C)=O)c3)cc2[nH]1. The molecule has 2 aliphatic rings. The fraction of sp³-hybridized carbons (Fsp3) is 0.300. The first-order valence-electron chi connectivity index (χ1n) is 33.3. The number of aromatic nitrogens is 17. The largest absolute Gasteiger partial charge is 0.450 e. The Morgan fingerprint density at radius 1 is 0.598 bits per heavy atom. The van der Waals surface area contributed by atoms with Gasteiger partial charge in [-0.3, -0.25) is 30.6 Å². The second-order valence-corrected chi connectivity index (χ2v) is 23.9. The zero-order chi connectivity index (χ0) is 71.1. The van der Waals surface area contributed by atoms with E-state index in [-0.39, 0.29) is 49.3 Å². The number of aromatic amines is 3. The van der Waals surface area contributed by atoms with Gasteiger partial charge in [0.15, 0.2) is 11.6 Å². The molecule has 0 radical (unpaired) electrons. The normalized spacial score (nSPS) is 14.6. The van der Waals surface area contributed by atoms with Crippen LogP contribution in [-0.4, -0.2) is 203 Å². The first-order chi connectivity index (χ1) is 49.6. The van der Waals surface area contributed by atoms with E-state index in [1.54, 1.807) is 69.6 Å². The van der Waals surface area contributed by atoms with Gasteiger partial charge >= 0.3 is 18.2 Å². The number of nitrogens with one attached hydrogen (secondary N) is 8. The average Bonchev–Trinajstić information content (AvgIpc) is 1.59. The van der Waals surface area contributed by atoms with Gasteiger partial charge in [0.1, 0.15) is 29.0 Å². The van der Waals surface area contributed by atoms with Gasteiger partial charge in [-0.1, -0.05) is 6.07 Å². The molecule has 524 valence electrons. The number of piperazine rings is 1. The Labute approximate surface area is 585 Å². The molecule has 0 unspecified atom stereocenters. The minimum Gasteiger partial charge on any atom is -0.450 e. The van der Waals surface area contributed by atoms with Crippen molar-refractivity contribution in [2.45, 2.75) is 66.7 Å². The van der Waals surface area contributed by atoms with Crippen LogP contribution in [0.5, 0.6) is 0 Å². The average molecular weight is 1380 g/mol. The van der Waals surface area contributed by atoms with Gasteiger partial charge in [0.25, 0.3) is 0 Å². The first kappa shape index (κ1) is 69.6. The quantitative estimate of drug-likeness (QED) is 0.0397. The number of morpholine rings is 1. The number of carbonyl (C=O) groups is 4. The fourth-order valence-electron chi connectivity index (χ4n) is 11.7. The molecule has 0 aliphatic carbocycles. The molecule has 12 aromatic rings. The van der Waals surface area contributed by atoms with Gasteiger partial charge in [-0.25, -0.2) is 74.2 Å². The minimum absolute atomic E-state index is 0.0751. The molecular weight excluding hydrogens is 1300 g/mol. The molecule has 11 heterocycles. The number of nitrogens with zero attached hydrogens (tertiary/aromatic N) is 17. The highest BCUT2D eigenvalue weighted by molar-refractivity contribution is 6.00. The van der Waals surface area contributed by atoms with E-state index in [1.807, 2.05) is 84.8 Å². The number of amides is 5. The number of H-pyrrole nitrogens is 3. The van der Waals surface area contributed by atoms with Crippen LogP contribution in [0.3, 0.4) is 0 Å². The van der Waals surface area contributed by atoms with E-state index >= 15 is 0 Å². The number of carbonyl (C=O) groups excluding carboxylic acids is 4. The molecule has 102 heavy (non-hydrogen) atoms. The number of ether oxygens (including phenoxy) is 3. The number of imidazole rings is 4.